The Morgan fingerprint density at radius 1 is 1.18 bits per heavy atom. The third-order valence-corrected chi connectivity index (χ3v) is 6.39. The summed E-state index contributed by atoms with van der Waals surface area (Å²) in [4.78, 5) is 31.6. The molecule has 1 atom stereocenters. The number of nitrogens with zero attached hydrogens (tertiary/aromatic N) is 2. The molecule has 170 valence electrons. The minimum absolute atomic E-state index is 0.227. The molecule has 2 heterocycles. The smallest absolute Gasteiger partial charge is 0.338 e. The van der Waals surface area contributed by atoms with Gasteiger partial charge in [-0.25, -0.2) is 9.79 Å². The molecule has 1 aromatic heterocycles. The maximum absolute atomic E-state index is 13.5. The number of thiazole rings is 1. The molecule has 0 saturated heterocycles. The number of hydrogen-bond acceptors (Lipinski definition) is 6. The molecule has 2 aromatic carbocycles. The summed E-state index contributed by atoms with van der Waals surface area (Å²) in [5.74, 6) is 0.231. The zero-order valence-corrected chi connectivity index (χ0v) is 20.1. The number of hydrogen-bond donors (Lipinski definition) is 0. The fourth-order valence-corrected chi connectivity index (χ4v) is 5.01. The average Bonchev–Trinajstić information content (AvgIpc) is 3.08. The summed E-state index contributed by atoms with van der Waals surface area (Å²) >= 11 is 7.38. The van der Waals surface area contributed by atoms with Gasteiger partial charge < -0.3 is 9.47 Å². The van der Waals surface area contributed by atoms with E-state index in [-0.39, 0.29) is 12.2 Å². The van der Waals surface area contributed by atoms with Crippen LogP contribution in [0.25, 0.3) is 6.08 Å². The molecule has 1 aliphatic rings. The molecule has 0 fully saturated rings. The van der Waals surface area contributed by atoms with Crippen LogP contribution in [-0.2, 0) is 9.53 Å². The Kier molecular flexibility index (Phi) is 6.81. The molecule has 4 rings (SSSR count). The van der Waals surface area contributed by atoms with Crippen LogP contribution in [0.3, 0.4) is 0 Å². The van der Waals surface area contributed by atoms with Gasteiger partial charge in [0.15, 0.2) is 4.80 Å². The van der Waals surface area contributed by atoms with Crippen molar-refractivity contribution in [1.82, 2.24) is 4.57 Å². The van der Waals surface area contributed by atoms with Crippen LogP contribution < -0.4 is 19.6 Å². The standard InChI is InChI=1S/C25H23ClN2O4S/c1-4-31-19-11-9-17(10-12-19)22-21(24(30)32-5-2)15(3)27-25-28(22)23(29)20(33-25)14-16-7-6-8-18(26)13-16/h6-14,22H,4-5H2,1-3H3/b20-14-/t22-/m0/s1. The van der Waals surface area contributed by atoms with Crippen LogP contribution in [0, 0.1) is 0 Å². The highest BCUT2D eigenvalue weighted by atomic mass is 35.5. The zero-order chi connectivity index (χ0) is 23.5. The molecule has 0 spiro atoms. The third-order valence-electron chi connectivity index (χ3n) is 5.17. The molecule has 0 bridgehead atoms. The van der Waals surface area contributed by atoms with Crippen molar-refractivity contribution < 1.29 is 14.3 Å². The fourth-order valence-electron chi connectivity index (χ4n) is 3.77. The van der Waals surface area contributed by atoms with E-state index in [0.717, 1.165) is 11.1 Å². The molecule has 3 aromatic rings. The molecule has 0 N–H and O–H groups in total. The molecule has 0 radical (unpaired) electrons. The summed E-state index contributed by atoms with van der Waals surface area (Å²) in [6.07, 6.45) is 1.79. The largest absolute Gasteiger partial charge is 0.494 e. The van der Waals surface area contributed by atoms with E-state index in [2.05, 4.69) is 4.99 Å². The number of carbonyl (C=O) groups excluding carboxylic acids is 1. The topological polar surface area (TPSA) is 69.9 Å². The first-order chi connectivity index (χ1) is 15.9. The van der Waals surface area contributed by atoms with Gasteiger partial charge in [0, 0.05) is 5.02 Å². The Labute approximate surface area is 200 Å². The molecule has 1 aliphatic heterocycles. The van der Waals surface area contributed by atoms with Crippen molar-refractivity contribution in [2.24, 2.45) is 4.99 Å². The van der Waals surface area contributed by atoms with E-state index in [0.29, 0.717) is 38.0 Å². The third kappa shape index (κ3) is 4.65. The lowest BCUT2D eigenvalue weighted by Crippen LogP contribution is -2.39. The van der Waals surface area contributed by atoms with Crippen LogP contribution in [-0.4, -0.2) is 23.8 Å². The number of fused-ring (bicyclic) bond motifs is 1. The number of halogens is 1. The maximum Gasteiger partial charge on any atom is 0.338 e. The summed E-state index contributed by atoms with van der Waals surface area (Å²) in [6.45, 7) is 6.20. The Morgan fingerprint density at radius 3 is 2.61 bits per heavy atom. The van der Waals surface area contributed by atoms with Gasteiger partial charge in [-0.3, -0.25) is 9.36 Å². The predicted octanol–water partition coefficient (Wildman–Crippen LogP) is 3.85. The number of rotatable bonds is 6. The van der Waals surface area contributed by atoms with Crippen molar-refractivity contribution in [3.63, 3.8) is 0 Å². The number of ether oxygens (including phenoxy) is 2. The van der Waals surface area contributed by atoms with Gasteiger partial charge >= 0.3 is 5.97 Å². The lowest BCUT2D eigenvalue weighted by Gasteiger charge is -2.24. The van der Waals surface area contributed by atoms with Crippen molar-refractivity contribution in [3.8, 4) is 5.75 Å². The molecule has 0 amide bonds. The van der Waals surface area contributed by atoms with E-state index >= 15 is 0 Å². The van der Waals surface area contributed by atoms with Gasteiger partial charge in [0.1, 0.15) is 5.75 Å². The Hall–Kier alpha value is -3.16. The minimum Gasteiger partial charge on any atom is -0.494 e. The predicted molar refractivity (Wildman–Crippen MR) is 129 cm³/mol. The lowest BCUT2D eigenvalue weighted by molar-refractivity contribution is -0.139. The molecule has 0 unspecified atom stereocenters. The highest BCUT2D eigenvalue weighted by Crippen LogP contribution is 2.31. The van der Waals surface area contributed by atoms with E-state index < -0.39 is 12.0 Å². The van der Waals surface area contributed by atoms with Crippen LogP contribution >= 0.6 is 22.9 Å². The summed E-state index contributed by atoms with van der Waals surface area (Å²) in [5.41, 5.74) is 2.23. The van der Waals surface area contributed by atoms with Crippen molar-refractivity contribution in [2.45, 2.75) is 26.8 Å². The monoisotopic (exact) mass is 482 g/mol. The number of esters is 1. The van der Waals surface area contributed by atoms with Gasteiger partial charge in [0.2, 0.25) is 0 Å². The summed E-state index contributed by atoms with van der Waals surface area (Å²) < 4.78 is 12.9. The average molecular weight is 483 g/mol. The Morgan fingerprint density at radius 2 is 1.94 bits per heavy atom. The first kappa shape index (κ1) is 23.0. The van der Waals surface area contributed by atoms with Gasteiger partial charge in [0.05, 0.1) is 35.1 Å². The second kappa shape index (κ2) is 9.77. The molecular weight excluding hydrogens is 460 g/mol. The molecule has 33 heavy (non-hydrogen) atoms. The fraction of sp³-hybridized carbons (Fsp3) is 0.240. The number of allylic oxidation sites excluding steroid dienone is 1. The van der Waals surface area contributed by atoms with E-state index in [9.17, 15) is 9.59 Å². The van der Waals surface area contributed by atoms with Crippen LogP contribution in [0.15, 0.2) is 69.6 Å². The Bertz CT molecular complexity index is 1400. The molecule has 8 heteroatoms. The van der Waals surface area contributed by atoms with Gasteiger partial charge in [-0.15, -0.1) is 0 Å². The van der Waals surface area contributed by atoms with Crippen LogP contribution in [0.5, 0.6) is 5.75 Å². The second-order valence-electron chi connectivity index (χ2n) is 7.36. The number of carbonyl (C=O) groups is 1. The molecular formula is C25H23ClN2O4S. The van der Waals surface area contributed by atoms with Crippen molar-refractivity contribution in [2.75, 3.05) is 13.2 Å². The molecule has 6 nitrogen and oxygen atoms in total. The number of aromatic nitrogens is 1. The maximum atomic E-state index is 13.5. The summed E-state index contributed by atoms with van der Waals surface area (Å²) in [7, 11) is 0. The van der Waals surface area contributed by atoms with Gasteiger partial charge in [-0.1, -0.05) is 47.2 Å². The first-order valence-electron chi connectivity index (χ1n) is 10.6. The zero-order valence-electron chi connectivity index (χ0n) is 18.5. The summed E-state index contributed by atoms with van der Waals surface area (Å²) in [6, 6.07) is 14.0. The minimum atomic E-state index is -0.655. The van der Waals surface area contributed by atoms with Crippen LogP contribution in [0.4, 0.5) is 0 Å². The number of benzene rings is 2. The highest BCUT2D eigenvalue weighted by Gasteiger charge is 2.33. The van der Waals surface area contributed by atoms with E-state index in [1.54, 1.807) is 36.6 Å². The quantitative estimate of drug-likeness (QED) is 0.500. The normalized spacial score (nSPS) is 15.8. The van der Waals surface area contributed by atoms with E-state index in [1.807, 2.05) is 43.3 Å². The SMILES string of the molecule is CCOC(=O)C1=C(C)N=c2s/c(=C\c3cccc(Cl)c3)c(=O)n2[C@H]1c1ccc(OCC)cc1. The van der Waals surface area contributed by atoms with E-state index in [4.69, 9.17) is 21.1 Å². The molecule has 0 aliphatic carbocycles. The van der Waals surface area contributed by atoms with Gasteiger partial charge in [-0.2, -0.15) is 0 Å². The second-order valence-corrected chi connectivity index (χ2v) is 8.80. The van der Waals surface area contributed by atoms with Crippen molar-refractivity contribution >= 4 is 35.0 Å². The van der Waals surface area contributed by atoms with Crippen LogP contribution in [0.1, 0.15) is 37.9 Å². The lowest BCUT2D eigenvalue weighted by atomic mass is 9.96. The van der Waals surface area contributed by atoms with Crippen LogP contribution in [0.2, 0.25) is 5.02 Å². The first-order valence-corrected chi connectivity index (χ1v) is 11.8. The van der Waals surface area contributed by atoms with Gasteiger partial charge in [-0.05, 0) is 62.2 Å². The highest BCUT2D eigenvalue weighted by molar-refractivity contribution is 7.07. The molecule has 0 saturated carbocycles. The van der Waals surface area contributed by atoms with E-state index in [1.165, 1.54) is 11.3 Å². The van der Waals surface area contributed by atoms with Gasteiger partial charge in [0.25, 0.3) is 5.56 Å². The van der Waals surface area contributed by atoms with Crippen molar-refractivity contribution in [1.29, 1.82) is 0 Å². The summed E-state index contributed by atoms with van der Waals surface area (Å²) in [5, 5.41) is 0.587. The Balaban J connectivity index is 1.92. The van der Waals surface area contributed by atoms with Crippen molar-refractivity contribution in [3.05, 3.63) is 95.6 Å².